The molecule has 1 atom stereocenters. The van der Waals surface area contributed by atoms with E-state index in [2.05, 4.69) is 20.6 Å². The zero-order chi connectivity index (χ0) is 28.3. The molecule has 0 aliphatic rings. The Morgan fingerprint density at radius 2 is 1.73 bits per heavy atom. The summed E-state index contributed by atoms with van der Waals surface area (Å²) in [5.74, 6) is 1.12. The number of hydrogen-bond donors (Lipinski definition) is 2. The maximum atomic E-state index is 13.3. The molecule has 0 saturated heterocycles. The number of amides is 1. The molecule has 1 unspecified atom stereocenters. The van der Waals surface area contributed by atoms with Gasteiger partial charge in [-0.2, -0.15) is 13.2 Å². The van der Waals surface area contributed by atoms with Gasteiger partial charge in [0.1, 0.15) is 11.6 Å². The van der Waals surface area contributed by atoms with Crippen LogP contribution >= 0.6 is 0 Å². The number of benzene rings is 3. The molecule has 2 N–H and O–H groups in total. The lowest BCUT2D eigenvalue weighted by Gasteiger charge is -2.18. The van der Waals surface area contributed by atoms with E-state index in [4.69, 9.17) is 9.72 Å². The predicted octanol–water partition coefficient (Wildman–Crippen LogP) is 6.95. The maximum Gasteiger partial charge on any atom is 0.416 e. The summed E-state index contributed by atoms with van der Waals surface area (Å²) in [5, 5.41) is 6.83. The number of halogens is 3. The molecule has 202 valence electrons. The summed E-state index contributed by atoms with van der Waals surface area (Å²) >= 11 is 0. The Morgan fingerprint density at radius 3 is 2.42 bits per heavy atom. The number of nitrogens with zero attached hydrogens (tertiary/aromatic N) is 3. The first-order chi connectivity index (χ1) is 19.2. The number of methoxy groups -OCH3 is 1. The van der Waals surface area contributed by atoms with Crippen LogP contribution in [0.25, 0.3) is 22.3 Å². The number of rotatable bonds is 7. The van der Waals surface area contributed by atoms with Gasteiger partial charge in [0.05, 0.1) is 35.5 Å². The van der Waals surface area contributed by atoms with Gasteiger partial charge < -0.3 is 15.4 Å². The lowest BCUT2D eigenvalue weighted by Crippen LogP contribution is -2.27. The highest BCUT2D eigenvalue weighted by Gasteiger charge is 2.30. The van der Waals surface area contributed by atoms with E-state index in [0.29, 0.717) is 45.1 Å². The van der Waals surface area contributed by atoms with Crippen LogP contribution in [-0.4, -0.2) is 28.0 Å². The van der Waals surface area contributed by atoms with Crippen LogP contribution < -0.4 is 15.4 Å². The molecule has 10 heteroatoms. The topological polar surface area (TPSA) is 89.0 Å². The Kier molecular flexibility index (Phi) is 7.33. The molecular formula is C30H24F3N5O2. The van der Waals surface area contributed by atoms with E-state index < -0.39 is 23.7 Å². The number of ether oxygens (including phenoxy) is 1. The minimum atomic E-state index is -4.43. The van der Waals surface area contributed by atoms with Gasteiger partial charge in [-0.05, 0) is 67.1 Å². The van der Waals surface area contributed by atoms with Gasteiger partial charge >= 0.3 is 6.18 Å². The molecule has 2 aromatic heterocycles. The SMILES string of the molecule is COc1ccc2nc(-c3cccnc3)nc(Nc3ccccc3C(=O)NC(C)c3ccc(C(F)(F)F)cc3)c2c1. The normalized spacial score (nSPS) is 12.1. The molecular weight excluding hydrogens is 519 g/mol. The minimum Gasteiger partial charge on any atom is -0.497 e. The molecule has 0 aliphatic carbocycles. The number of hydrogen-bond acceptors (Lipinski definition) is 6. The second-order valence-electron chi connectivity index (χ2n) is 9.01. The van der Waals surface area contributed by atoms with Crippen LogP contribution in [0, 0.1) is 0 Å². The van der Waals surface area contributed by atoms with Crippen molar-refractivity contribution in [1.29, 1.82) is 0 Å². The molecule has 40 heavy (non-hydrogen) atoms. The molecule has 3 aromatic carbocycles. The second-order valence-corrected chi connectivity index (χ2v) is 9.01. The summed E-state index contributed by atoms with van der Waals surface area (Å²) in [6.45, 7) is 1.71. The van der Waals surface area contributed by atoms with Crippen molar-refractivity contribution in [3.05, 3.63) is 108 Å². The van der Waals surface area contributed by atoms with Gasteiger partial charge in [0.2, 0.25) is 0 Å². The first-order valence-corrected chi connectivity index (χ1v) is 12.3. The summed E-state index contributed by atoms with van der Waals surface area (Å²) < 4.78 is 44.2. The standard InChI is InChI=1S/C30H24F3N5O2/c1-18(19-9-11-21(12-10-19)30(31,32)33)35-29(39)23-7-3-4-8-25(23)37-28-24-16-22(40-2)13-14-26(24)36-27(38-28)20-6-5-15-34-17-20/h3-18H,1-2H3,(H,35,39)(H,36,37,38). The van der Waals surface area contributed by atoms with Crippen molar-refractivity contribution in [3.63, 3.8) is 0 Å². The number of carbonyl (C=O) groups is 1. The van der Waals surface area contributed by atoms with Crippen LogP contribution in [0.5, 0.6) is 5.75 Å². The predicted molar refractivity (Wildman–Crippen MR) is 146 cm³/mol. The van der Waals surface area contributed by atoms with Crippen LogP contribution in [0.3, 0.4) is 0 Å². The summed E-state index contributed by atoms with van der Waals surface area (Å²) in [7, 11) is 1.57. The summed E-state index contributed by atoms with van der Waals surface area (Å²) in [5.41, 5.74) is 2.00. The average molecular weight is 544 g/mol. The molecule has 2 heterocycles. The van der Waals surface area contributed by atoms with Crippen LogP contribution in [0.15, 0.2) is 91.3 Å². The van der Waals surface area contributed by atoms with Crippen LogP contribution in [0.2, 0.25) is 0 Å². The van der Waals surface area contributed by atoms with Crippen molar-refractivity contribution in [2.75, 3.05) is 12.4 Å². The van der Waals surface area contributed by atoms with Gasteiger partial charge in [0.15, 0.2) is 5.82 Å². The molecule has 5 rings (SSSR count). The Bertz CT molecular complexity index is 1660. The van der Waals surface area contributed by atoms with Crippen molar-refractivity contribution < 1.29 is 22.7 Å². The number of carbonyl (C=O) groups excluding carboxylic acids is 1. The maximum absolute atomic E-state index is 13.3. The third-order valence-corrected chi connectivity index (χ3v) is 6.33. The monoisotopic (exact) mass is 543 g/mol. The van der Waals surface area contributed by atoms with Gasteiger partial charge in [-0.25, -0.2) is 9.97 Å². The fourth-order valence-corrected chi connectivity index (χ4v) is 4.19. The minimum absolute atomic E-state index is 0.332. The number of para-hydroxylation sites is 1. The van der Waals surface area contributed by atoms with Gasteiger partial charge in [0, 0.05) is 23.3 Å². The summed E-state index contributed by atoms with van der Waals surface area (Å²) in [6, 6.07) is 20.2. The zero-order valence-electron chi connectivity index (χ0n) is 21.5. The third kappa shape index (κ3) is 5.70. The third-order valence-electron chi connectivity index (χ3n) is 6.33. The number of nitrogens with one attached hydrogen (secondary N) is 2. The molecule has 0 aliphatic heterocycles. The van der Waals surface area contributed by atoms with Crippen molar-refractivity contribution in [3.8, 4) is 17.1 Å². The Balaban J connectivity index is 1.46. The van der Waals surface area contributed by atoms with Gasteiger partial charge in [-0.15, -0.1) is 0 Å². The van der Waals surface area contributed by atoms with E-state index in [-0.39, 0.29) is 0 Å². The van der Waals surface area contributed by atoms with Gasteiger partial charge in [-0.3, -0.25) is 9.78 Å². The number of aromatic nitrogens is 3. The second kappa shape index (κ2) is 11.0. The van der Waals surface area contributed by atoms with Gasteiger partial charge in [-0.1, -0.05) is 24.3 Å². The molecule has 0 bridgehead atoms. The number of anilines is 2. The van der Waals surface area contributed by atoms with E-state index in [9.17, 15) is 18.0 Å². The highest BCUT2D eigenvalue weighted by molar-refractivity contribution is 6.02. The van der Waals surface area contributed by atoms with Crippen molar-refractivity contribution in [2.24, 2.45) is 0 Å². The summed E-state index contributed by atoms with van der Waals surface area (Å²) in [6.07, 6.45) is -1.10. The number of alkyl halides is 3. The van der Waals surface area contributed by atoms with Crippen molar-refractivity contribution in [1.82, 2.24) is 20.3 Å². The largest absolute Gasteiger partial charge is 0.497 e. The number of fused-ring (bicyclic) bond motifs is 1. The Hall–Kier alpha value is -4.99. The van der Waals surface area contributed by atoms with Crippen molar-refractivity contribution >= 4 is 28.3 Å². The van der Waals surface area contributed by atoms with Crippen LogP contribution in [-0.2, 0) is 6.18 Å². The highest BCUT2D eigenvalue weighted by atomic mass is 19.4. The molecule has 7 nitrogen and oxygen atoms in total. The molecule has 0 spiro atoms. The molecule has 0 radical (unpaired) electrons. The quantitative estimate of drug-likeness (QED) is 0.231. The Morgan fingerprint density at radius 1 is 0.950 bits per heavy atom. The van der Waals surface area contributed by atoms with E-state index in [1.165, 1.54) is 12.1 Å². The lowest BCUT2D eigenvalue weighted by atomic mass is 10.0. The summed E-state index contributed by atoms with van der Waals surface area (Å²) in [4.78, 5) is 26.9. The lowest BCUT2D eigenvalue weighted by molar-refractivity contribution is -0.137. The first kappa shape index (κ1) is 26.6. The van der Waals surface area contributed by atoms with Crippen LogP contribution in [0.4, 0.5) is 24.7 Å². The fraction of sp³-hybridized carbons (Fsp3) is 0.133. The van der Waals surface area contributed by atoms with Crippen LogP contribution in [0.1, 0.15) is 34.5 Å². The van der Waals surface area contributed by atoms with E-state index in [1.54, 1.807) is 68.9 Å². The van der Waals surface area contributed by atoms with E-state index >= 15 is 0 Å². The molecule has 1 amide bonds. The molecule has 5 aromatic rings. The Labute approximate surface area is 228 Å². The van der Waals surface area contributed by atoms with Crippen molar-refractivity contribution in [2.45, 2.75) is 19.1 Å². The van der Waals surface area contributed by atoms with E-state index in [0.717, 1.165) is 17.7 Å². The number of pyridine rings is 1. The molecule has 0 fully saturated rings. The molecule has 0 saturated carbocycles. The highest BCUT2D eigenvalue weighted by Crippen LogP contribution is 2.32. The first-order valence-electron chi connectivity index (χ1n) is 12.3. The van der Waals surface area contributed by atoms with Gasteiger partial charge in [0.25, 0.3) is 5.91 Å². The smallest absolute Gasteiger partial charge is 0.416 e. The van der Waals surface area contributed by atoms with E-state index in [1.807, 2.05) is 12.1 Å². The zero-order valence-corrected chi connectivity index (χ0v) is 21.5. The fourth-order valence-electron chi connectivity index (χ4n) is 4.19. The average Bonchev–Trinajstić information content (AvgIpc) is 2.97.